The highest BCUT2D eigenvalue weighted by Gasteiger charge is 2.15. The Morgan fingerprint density at radius 1 is 1.50 bits per heavy atom. The zero-order chi connectivity index (χ0) is 15.1. The number of methoxy groups -OCH3 is 1. The number of nitrogen functional groups attached to an aromatic ring is 1. The van der Waals surface area contributed by atoms with Crippen LogP contribution in [0.1, 0.15) is 13.3 Å². The van der Waals surface area contributed by atoms with Crippen LogP contribution in [-0.4, -0.2) is 30.0 Å². The van der Waals surface area contributed by atoms with Gasteiger partial charge in [0.2, 0.25) is 5.91 Å². The minimum Gasteiger partial charge on any atom is -0.469 e. The van der Waals surface area contributed by atoms with E-state index in [0.717, 1.165) is 0 Å². The van der Waals surface area contributed by atoms with E-state index in [2.05, 4.69) is 10.1 Å². The van der Waals surface area contributed by atoms with E-state index >= 15 is 0 Å². The number of rotatable bonds is 6. The van der Waals surface area contributed by atoms with Crippen LogP contribution in [0.2, 0.25) is 5.02 Å². The van der Waals surface area contributed by atoms with E-state index in [1.807, 2.05) is 0 Å². The number of benzene rings is 1. The van der Waals surface area contributed by atoms with Gasteiger partial charge in [0.05, 0.1) is 30.2 Å². The molecule has 0 bridgehead atoms. The molecule has 0 aliphatic heterocycles. The summed E-state index contributed by atoms with van der Waals surface area (Å²) in [5, 5.41) is 2.95. The highest BCUT2D eigenvalue weighted by atomic mass is 35.5. The van der Waals surface area contributed by atoms with Gasteiger partial charge in [0.25, 0.3) is 0 Å². The fourth-order valence-electron chi connectivity index (χ4n) is 1.38. The van der Waals surface area contributed by atoms with E-state index in [-0.39, 0.29) is 23.5 Å². The van der Waals surface area contributed by atoms with Gasteiger partial charge in [-0.1, -0.05) is 11.6 Å². The van der Waals surface area contributed by atoms with E-state index in [1.54, 1.807) is 25.1 Å². The molecule has 1 atom stereocenters. The zero-order valence-corrected chi connectivity index (χ0v) is 12.9. The molecule has 5 nitrogen and oxygen atoms in total. The topological polar surface area (TPSA) is 81.4 Å². The molecule has 110 valence electrons. The first-order valence-corrected chi connectivity index (χ1v) is 7.41. The molecule has 0 saturated carbocycles. The van der Waals surface area contributed by atoms with Crippen LogP contribution in [0, 0.1) is 0 Å². The van der Waals surface area contributed by atoms with Crippen molar-refractivity contribution in [2.45, 2.75) is 18.6 Å². The lowest BCUT2D eigenvalue weighted by Gasteiger charge is -2.13. The van der Waals surface area contributed by atoms with Gasteiger partial charge in [-0.2, -0.15) is 0 Å². The van der Waals surface area contributed by atoms with Gasteiger partial charge in [-0.25, -0.2) is 0 Å². The summed E-state index contributed by atoms with van der Waals surface area (Å²) in [6.07, 6.45) is 0.280. The Morgan fingerprint density at radius 2 is 2.20 bits per heavy atom. The van der Waals surface area contributed by atoms with Gasteiger partial charge in [-0.3, -0.25) is 9.59 Å². The molecule has 7 heteroatoms. The Morgan fingerprint density at radius 3 is 2.80 bits per heavy atom. The summed E-state index contributed by atoms with van der Waals surface area (Å²) in [6.45, 7) is 1.77. The Hall–Kier alpha value is -1.40. The smallest absolute Gasteiger partial charge is 0.306 e. The number of thioether (sulfide) groups is 1. The van der Waals surface area contributed by atoms with Crippen molar-refractivity contribution in [3.05, 3.63) is 23.2 Å². The number of amides is 1. The molecule has 0 aromatic heterocycles. The summed E-state index contributed by atoms with van der Waals surface area (Å²) < 4.78 is 4.53. The van der Waals surface area contributed by atoms with Gasteiger partial charge >= 0.3 is 5.97 Å². The van der Waals surface area contributed by atoms with Crippen molar-refractivity contribution >= 4 is 46.6 Å². The highest BCUT2D eigenvalue weighted by molar-refractivity contribution is 8.00. The molecule has 1 amide bonds. The van der Waals surface area contributed by atoms with Crippen LogP contribution in [0.4, 0.5) is 11.4 Å². The largest absolute Gasteiger partial charge is 0.469 e. The summed E-state index contributed by atoms with van der Waals surface area (Å²) in [4.78, 5) is 22.9. The minimum absolute atomic E-state index is 0.172. The lowest BCUT2D eigenvalue weighted by molar-refractivity contribution is -0.140. The maximum Gasteiger partial charge on any atom is 0.306 e. The summed E-state index contributed by atoms with van der Waals surface area (Å²) in [5.74, 6) is 0.0677. The molecule has 0 aliphatic rings. The quantitative estimate of drug-likeness (QED) is 0.622. The van der Waals surface area contributed by atoms with Crippen molar-refractivity contribution in [2.75, 3.05) is 23.9 Å². The molecule has 20 heavy (non-hydrogen) atoms. The lowest BCUT2D eigenvalue weighted by atomic mass is 10.2. The summed E-state index contributed by atoms with van der Waals surface area (Å²) in [6, 6.07) is 4.89. The first-order valence-electron chi connectivity index (χ1n) is 5.98. The predicted octanol–water partition coefficient (Wildman–Crippen LogP) is 2.55. The molecule has 1 aromatic carbocycles. The fraction of sp³-hybridized carbons (Fsp3) is 0.385. The van der Waals surface area contributed by atoms with E-state index < -0.39 is 0 Å². The monoisotopic (exact) mass is 316 g/mol. The van der Waals surface area contributed by atoms with Crippen LogP contribution < -0.4 is 11.1 Å². The van der Waals surface area contributed by atoms with Gasteiger partial charge in [0, 0.05) is 10.8 Å². The number of esters is 1. The average Bonchev–Trinajstić information content (AvgIpc) is 2.41. The van der Waals surface area contributed by atoms with Crippen LogP contribution >= 0.6 is 23.4 Å². The molecular weight excluding hydrogens is 300 g/mol. The number of hydrogen-bond acceptors (Lipinski definition) is 5. The Labute approximate surface area is 127 Å². The summed E-state index contributed by atoms with van der Waals surface area (Å²) in [7, 11) is 1.34. The molecule has 0 aliphatic carbocycles. The van der Waals surface area contributed by atoms with E-state index in [1.165, 1.54) is 18.9 Å². The van der Waals surface area contributed by atoms with Gasteiger partial charge < -0.3 is 15.8 Å². The lowest BCUT2D eigenvalue weighted by Crippen LogP contribution is -2.23. The second-order valence-corrected chi connectivity index (χ2v) is 5.95. The predicted molar refractivity (Wildman–Crippen MR) is 83.0 cm³/mol. The van der Waals surface area contributed by atoms with Crippen LogP contribution in [0.25, 0.3) is 0 Å². The molecular formula is C13H17ClN2O3S. The number of carbonyl (C=O) groups excluding carboxylic acids is 2. The standard InChI is InChI=1S/C13H17ClN2O3S/c1-8(20-6-5-12(17)19-2)13(18)16-11-4-3-9(14)7-10(11)15/h3-4,7-8H,5-6,15H2,1-2H3,(H,16,18). The normalized spacial score (nSPS) is 11.8. The van der Waals surface area contributed by atoms with E-state index in [9.17, 15) is 9.59 Å². The summed E-state index contributed by atoms with van der Waals surface area (Å²) >= 11 is 7.16. The molecule has 0 radical (unpaired) electrons. The van der Waals surface area contributed by atoms with Gasteiger partial charge in [0.1, 0.15) is 0 Å². The Bertz CT molecular complexity index is 497. The molecule has 0 heterocycles. The third-order valence-corrected chi connectivity index (χ3v) is 3.93. The highest BCUT2D eigenvalue weighted by Crippen LogP contribution is 2.23. The van der Waals surface area contributed by atoms with Crippen molar-refractivity contribution in [1.82, 2.24) is 0 Å². The van der Waals surface area contributed by atoms with Gasteiger partial charge in [0.15, 0.2) is 0 Å². The third-order valence-electron chi connectivity index (χ3n) is 2.54. The zero-order valence-electron chi connectivity index (χ0n) is 11.3. The van der Waals surface area contributed by atoms with Crippen molar-refractivity contribution in [3.8, 4) is 0 Å². The SMILES string of the molecule is COC(=O)CCSC(C)C(=O)Nc1ccc(Cl)cc1N. The average molecular weight is 317 g/mol. The van der Waals surface area contributed by atoms with Crippen LogP contribution in [-0.2, 0) is 14.3 Å². The minimum atomic E-state index is -0.297. The van der Waals surface area contributed by atoms with Crippen LogP contribution in [0.3, 0.4) is 0 Å². The Kier molecular flexibility index (Phi) is 6.67. The first kappa shape index (κ1) is 16.7. The summed E-state index contributed by atoms with van der Waals surface area (Å²) in [5.41, 5.74) is 6.70. The van der Waals surface area contributed by atoms with Crippen LogP contribution in [0.15, 0.2) is 18.2 Å². The maximum absolute atomic E-state index is 12.0. The second kappa shape index (κ2) is 8.01. The fourth-order valence-corrected chi connectivity index (χ4v) is 2.41. The number of hydrogen-bond donors (Lipinski definition) is 2. The van der Waals surface area contributed by atoms with Crippen molar-refractivity contribution in [2.24, 2.45) is 0 Å². The van der Waals surface area contributed by atoms with Gasteiger partial charge in [-0.05, 0) is 25.1 Å². The van der Waals surface area contributed by atoms with Crippen LogP contribution in [0.5, 0.6) is 0 Å². The second-order valence-electron chi connectivity index (χ2n) is 4.06. The number of nitrogens with one attached hydrogen (secondary N) is 1. The molecule has 1 aromatic rings. The van der Waals surface area contributed by atoms with Crippen molar-refractivity contribution in [1.29, 1.82) is 0 Å². The molecule has 0 spiro atoms. The molecule has 0 fully saturated rings. The Balaban J connectivity index is 2.47. The number of nitrogens with two attached hydrogens (primary N) is 1. The number of halogens is 1. The third kappa shape index (κ3) is 5.30. The molecule has 0 saturated heterocycles. The first-order chi connectivity index (χ1) is 9.43. The molecule has 1 unspecified atom stereocenters. The van der Waals surface area contributed by atoms with E-state index in [4.69, 9.17) is 17.3 Å². The molecule has 3 N–H and O–H groups in total. The number of ether oxygens (including phenoxy) is 1. The number of carbonyl (C=O) groups is 2. The van der Waals surface area contributed by atoms with Crippen molar-refractivity contribution < 1.29 is 14.3 Å². The van der Waals surface area contributed by atoms with Gasteiger partial charge in [-0.15, -0.1) is 11.8 Å². The van der Waals surface area contributed by atoms with E-state index in [0.29, 0.717) is 22.2 Å². The molecule has 1 rings (SSSR count). The number of anilines is 2. The van der Waals surface area contributed by atoms with Crippen molar-refractivity contribution in [3.63, 3.8) is 0 Å². The maximum atomic E-state index is 12.0.